The van der Waals surface area contributed by atoms with Crippen LogP contribution in [0.3, 0.4) is 0 Å². The van der Waals surface area contributed by atoms with E-state index in [1.165, 1.54) is 0 Å². The second-order valence-corrected chi connectivity index (χ2v) is 6.54. The molecule has 21 heavy (non-hydrogen) atoms. The zero-order valence-corrected chi connectivity index (χ0v) is 13.0. The second-order valence-electron chi connectivity index (χ2n) is 4.80. The van der Waals surface area contributed by atoms with E-state index in [9.17, 15) is 8.42 Å². The van der Waals surface area contributed by atoms with Crippen LogP contribution in [0.1, 0.15) is 28.4 Å². The summed E-state index contributed by atoms with van der Waals surface area (Å²) in [5.74, 6) is 0.682. The Morgan fingerprint density at radius 2 is 1.95 bits per heavy atom. The van der Waals surface area contributed by atoms with Gasteiger partial charge in [0.05, 0.1) is 11.4 Å². The van der Waals surface area contributed by atoms with Gasteiger partial charge in [-0.1, -0.05) is 11.2 Å². The highest BCUT2D eigenvalue weighted by molar-refractivity contribution is 7.89. The Morgan fingerprint density at radius 3 is 2.52 bits per heavy atom. The highest BCUT2D eigenvalue weighted by atomic mass is 32.2. The van der Waals surface area contributed by atoms with Crippen molar-refractivity contribution in [2.24, 2.45) is 5.73 Å². The average molecular weight is 310 g/mol. The van der Waals surface area contributed by atoms with Gasteiger partial charge in [0.25, 0.3) is 0 Å². The van der Waals surface area contributed by atoms with Crippen molar-refractivity contribution in [1.29, 1.82) is 0 Å². The molecule has 7 nitrogen and oxygen atoms in total. The minimum atomic E-state index is -3.66. The Kier molecular flexibility index (Phi) is 4.40. The van der Waals surface area contributed by atoms with Crippen LogP contribution in [0.25, 0.3) is 0 Å². The summed E-state index contributed by atoms with van der Waals surface area (Å²) in [6.45, 7) is 5.56. The molecule has 114 valence electrons. The molecule has 2 aromatic rings. The molecule has 0 fully saturated rings. The molecule has 1 heterocycles. The molecular formula is C13H18N4O3S. The molecule has 0 aliphatic heterocycles. The molecule has 0 atom stereocenters. The van der Waals surface area contributed by atoms with Crippen molar-refractivity contribution in [3.8, 4) is 0 Å². The zero-order chi connectivity index (χ0) is 15.6. The van der Waals surface area contributed by atoms with Gasteiger partial charge in [-0.05, 0) is 36.6 Å². The fourth-order valence-electron chi connectivity index (χ4n) is 2.03. The summed E-state index contributed by atoms with van der Waals surface area (Å²) in [6.07, 6.45) is 0. The van der Waals surface area contributed by atoms with Crippen LogP contribution < -0.4 is 10.5 Å². The predicted molar refractivity (Wildman–Crippen MR) is 76.9 cm³/mol. The summed E-state index contributed by atoms with van der Waals surface area (Å²) in [4.78, 5) is 4.17. The summed E-state index contributed by atoms with van der Waals surface area (Å²) in [6, 6.07) is 3.42. The van der Waals surface area contributed by atoms with E-state index >= 15 is 0 Å². The van der Waals surface area contributed by atoms with Gasteiger partial charge in [0.15, 0.2) is 5.82 Å². The molecule has 0 unspecified atom stereocenters. The maximum atomic E-state index is 12.4. The van der Waals surface area contributed by atoms with Crippen molar-refractivity contribution < 1.29 is 12.9 Å². The summed E-state index contributed by atoms with van der Waals surface area (Å²) in [7, 11) is -3.66. The first-order valence-electron chi connectivity index (χ1n) is 6.42. The molecule has 0 aliphatic rings. The number of nitrogens with one attached hydrogen (secondary N) is 1. The molecule has 3 N–H and O–H groups in total. The van der Waals surface area contributed by atoms with Crippen LogP contribution in [0.2, 0.25) is 0 Å². The summed E-state index contributed by atoms with van der Waals surface area (Å²) >= 11 is 0. The van der Waals surface area contributed by atoms with Crippen molar-refractivity contribution in [2.75, 3.05) is 0 Å². The maximum Gasteiger partial charge on any atom is 0.241 e. The van der Waals surface area contributed by atoms with Crippen molar-refractivity contribution >= 4 is 10.0 Å². The van der Waals surface area contributed by atoms with Gasteiger partial charge in [-0.3, -0.25) is 0 Å². The van der Waals surface area contributed by atoms with Crippen LogP contribution in [0, 0.1) is 20.8 Å². The van der Waals surface area contributed by atoms with Crippen LogP contribution in [0.15, 0.2) is 21.6 Å². The molecule has 0 saturated heterocycles. The van der Waals surface area contributed by atoms with E-state index in [4.69, 9.17) is 10.3 Å². The molecule has 0 spiro atoms. The van der Waals surface area contributed by atoms with Crippen molar-refractivity contribution in [3.63, 3.8) is 0 Å². The molecule has 8 heteroatoms. The van der Waals surface area contributed by atoms with Gasteiger partial charge in [-0.15, -0.1) is 0 Å². The van der Waals surface area contributed by atoms with Gasteiger partial charge in [0.2, 0.25) is 15.9 Å². The number of aromatic nitrogens is 2. The van der Waals surface area contributed by atoms with Gasteiger partial charge < -0.3 is 10.3 Å². The van der Waals surface area contributed by atoms with Gasteiger partial charge in [0.1, 0.15) is 0 Å². The number of sulfonamides is 1. The van der Waals surface area contributed by atoms with E-state index in [0.717, 1.165) is 11.1 Å². The van der Waals surface area contributed by atoms with Crippen molar-refractivity contribution in [2.45, 2.75) is 38.8 Å². The first-order chi connectivity index (χ1) is 9.83. The third-order valence-corrected chi connectivity index (χ3v) is 4.68. The lowest BCUT2D eigenvalue weighted by atomic mass is 10.1. The Morgan fingerprint density at radius 1 is 1.24 bits per heavy atom. The Balaban J connectivity index is 2.27. The van der Waals surface area contributed by atoms with E-state index in [2.05, 4.69) is 14.9 Å². The standard InChI is InChI=1S/C13H18N4O3S/c1-8-4-9(2)12(5-11(8)6-14)21(18,19)15-7-13-16-10(3)20-17-13/h4-5,15H,6-7,14H2,1-3H3. The number of hydrogen-bond donors (Lipinski definition) is 2. The van der Waals surface area contributed by atoms with Crippen LogP contribution >= 0.6 is 0 Å². The SMILES string of the molecule is Cc1nc(CNS(=O)(=O)c2cc(CN)c(C)cc2C)no1. The number of hydrogen-bond acceptors (Lipinski definition) is 6. The lowest BCUT2D eigenvalue weighted by molar-refractivity contribution is 0.387. The third kappa shape index (κ3) is 3.46. The minimum absolute atomic E-state index is 0.0229. The number of aryl methyl sites for hydroxylation is 3. The van der Waals surface area contributed by atoms with Crippen LogP contribution in [-0.4, -0.2) is 18.6 Å². The summed E-state index contributed by atoms with van der Waals surface area (Å²) in [5.41, 5.74) is 8.08. The molecule has 0 aliphatic carbocycles. The molecule has 1 aromatic heterocycles. The quantitative estimate of drug-likeness (QED) is 0.850. The monoisotopic (exact) mass is 310 g/mol. The molecular weight excluding hydrogens is 292 g/mol. The molecule has 0 amide bonds. The average Bonchev–Trinajstić information content (AvgIpc) is 2.82. The number of nitrogens with zero attached hydrogens (tertiary/aromatic N) is 2. The summed E-state index contributed by atoms with van der Waals surface area (Å²) < 4.78 is 32.0. The number of benzene rings is 1. The van der Waals surface area contributed by atoms with Gasteiger partial charge in [-0.25, -0.2) is 13.1 Å². The fraction of sp³-hybridized carbons (Fsp3) is 0.385. The highest BCUT2D eigenvalue weighted by Crippen LogP contribution is 2.20. The zero-order valence-electron chi connectivity index (χ0n) is 12.2. The minimum Gasteiger partial charge on any atom is -0.340 e. The second kappa shape index (κ2) is 5.92. The maximum absolute atomic E-state index is 12.4. The molecule has 0 radical (unpaired) electrons. The van der Waals surface area contributed by atoms with Crippen LogP contribution in [-0.2, 0) is 23.1 Å². The van der Waals surface area contributed by atoms with Crippen LogP contribution in [0.5, 0.6) is 0 Å². The summed E-state index contributed by atoms with van der Waals surface area (Å²) in [5, 5.41) is 3.65. The van der Waals surface area contributed by atoms with E-state index < -0.39 is 10.0 Å². The first kappa shape index (κ1) is 15.6. The highest BCUT2D eigenvalue weighted by Gasteiger charge is 2.19. The normalized spacial score (nSPS) is 11.8. The Hall–Kier alpha value is -1.77. The van der Waals surface area contributed by atoms with Crippen LogP contribution in [0.4, 0.5) is 0 Å². The van der Waals surface area contributed by atoms with Crippen molar-refractivity contribution in [1.82, 2.24) is 14.9 Å². The number of nitrogens with two attached hydrogens (primary N) is 1. The first-order valence-corrected chi connectivity index (χ1v) is 7.91. The molecule has 1 aromatic carbocycles. The largest absolute Gasteiger partial charge is 0.340 e. The van der Waals surface area contributed by atoms with E-state index in [-0.39, 0.29) is 11.4 Å². The van der Waals surface area contributed by atoms with E-state index in [1.807, 2.05) is 13.0 Å². The third-order valence-electron chi connectivity index (χ3n) is 3.13. The molecule has 0 saturated carbocycles. The number of rotatable bonds is 5. The predicted octanol–water partition coefficient (Wildman–Crippen LogP) is 0.932. The lowest BCUT2D eigenvalue weighted by Crippen LogP contribution is -2.25. The smallest absolute Gasteiger partial charge is 0.241 e. The van der Waals surface area contributed by atoms with E-state index in [1.54, 1.807) is 19.9 Å². The topological polar surface area (TPSA) is 111 Å². The molecule has 2 rings (SSSR count). The fourth-order valence-corrected chi connectivity index (χ4v) is 3.29. The van der Waals surface area contributed by atoms with Gasteiger partial charge >= 0.3 is 0 Å². The van der Waals surface area contributed by atoms with Crippen molar-refractivity contribution in [3.05, 3.63) is 40.5 Å². The lowest BCUT2D eigenvalue weighted by Gasteiger charge is -2.12. The van der Waals surface area contributed by atoms with Gasteiger partial charge in [0, 0.05) is 13.5 Å². The Labute approximate surface area is 123 Å². The van der Waals surface area contributed by atoms with Gasteiger partial charge in [-0.2, -0.15) is 4.98 Å². The Bertz CT molecular complexity index is 753. The van der Waals surface area contributed by atoms with E-state index in [0.29, 0.717) is 23.8 Å². The molecule has 0 bridgehead atoms.